The Morgan fingerprint density at radius 1 is 1.16 bits per heavy atom. The molecule has 7 nitrogen and oxygen atoms in total. The Morgan fingerprint density at radius 3 is 2.76 bits per heavy atom. The average Bonchev–Trinajstić information content (AvgIpc) is 2.61. The zero-order valence-corrected chi connectivity index (χ0v) is 13.3. The summed E-state index contributed by atoms with van der Waals surface area (Å²) in [5, 5.41) is 10.5. The van der Waals surface area contributed by atoms with Crippen LogP contribution in [0.25, 0.3) is 10.8 Å². The number of hydrogen-bond acceptors (Lipinski definition) is 6. The second-order valence-electron chi connectivity index (χ2n) is 5.03. The molecule has 0 aliphatic carbocycles. The van der Waals surface area contributed by atoms with Crippen LogP contribution in [0.15, 0.2) is 48.7 Å². The second kappa shape index (κ2) is 6.96. The SMILES string of the molecule is CCOC(=O)c1nccc(Oc2ccc3c(C(=O)O)cccc3c2)n1. The number of aromatic carboxylic acids is 1. The maximum atomic E-state index is 11.7. The van der Waals surface area contributed by atoms with E-state index in [0.717, 1.165) is 5.39 Å². The highest BCUT2D eigenvalue weighted by atomic mass is 16.5. The van der Waals surface area contributed by atoms with Crippen molar-refractivity contribution in [3.05, 3.63) is 60.0 Å². The molecule has 7 heteroatoms. The molecule has 1 heterocycles. The van der Waals surface area contributed by atoms with Crippen LogP contribution in [-0.4, -0.2) is 33.6 Å². The number of ether oxygens (including phenoxy) is 2. The zero-order valence-electron chi connectivity index (χ0n) is 13.3. The smallest absolute Gasteiger partial charge is 0.376 e. The molecule has 0 fully saturated rings. The van der Waals surface area contributed by atoms with E-state index in [2.05, 4.69) is 9.97 Å². The lowest BCUT2D eigenvalue weighted by atomic mass is 10.0. The number of carbonyl (C=O) groups is 2. The van der Waals surface area contributed by atoms with Gasteiger partial charge in [-0.25, -0.2) is 14.6 Å². The van der Waals surface area contributed by atoms with Crippen molar-refractivity contribution in [2.45, 2.75) is 6.92 Å². The van der Waals surface area contributed by atoms with E-state index in [4.69, 9.17) is 9.47 Å². The van der Waals surface area contributed by atoms with Crippen molar-refractivity contribution in [2.24, 2.45) is 0 Å². The number of hydrogen-bond donors (Lipinski definition) is 1. The van der Waals surface area contributed by atoms with Crippen molar-refractivity contribution in [1.29, 1.82) is 0 Å². The van der Waals surface area contributed by atoms with Gasteiger partial charge < -0.3 is 14.6 Å². The minimum atomic E-state index is -0.992. The highest BCUT2D eigenvalue weighted by Gasteiger charge is 2.12. The van der Waals surface area contributed by atoms with Crippen molar-refractivity contribution in [2.75, 3.05) is 6.61 Å². The first-order valence-electron chi connectivity index (χ1n) is 7.52. The Bertz CT molecular complexity index is 955. The number of benzene rings is 2. The summed E-state index contributed by atoms with van der Waals surface area (Å²) in [6, 6.07) is 11.5. The highest BCUT2D eigenvalue weighted by Crippen LogP contribution is 2.26. The molecule has 0 radical (unpaired) electrons. The van der Waals surface area contributed by atoms with Crippen LogP contribution >= 0.6 is 0 Å². The Hall–Kier alpha value is -3.48. The van der Waals surface area contributed by atoms with Gasteiger partial charge in [0.2, 0.25) is 11.7 Å². The quantitative estimate of drug-likeness (QED) is 0.713. The molecule has 1 N–H and O–H groups in total. The van der Waals surface area contributed by atoms with Gasteiger partial charge in [0.1, 0.15) is 5.75 Å². The largest absolute Gasteiger partial charge is 0.478 e. The molecule has 0 atom stereocenters. The van der Waals surface area contributed by atoms with Crippen LogP contribution in [0.4, 0.5) is 0 Å². The summed E-state index contributed by atoms with van der Waals surface area (Å²) in [6.07, 6.45) is 1.40. The van der Waals surface area contributed by atoms with Gasteiger partial charge in [-0.15, -0.1) is 0 Å². The first-order chi connectivity index (χ1) is 12.1. The monoisotopic (exact) mass is 338 g/mol. The Balaban J connectivity index is 1.90. The number of nitrogens with zero attached hydrogens (tertiary/aromatic N) is 2. The molecule has 0 saturated heterocycles. The van der Waals surface area contributed by atoms with Gasteiger partial charge in [0, 0.05) is 12.3 Å². The maximum absolute atomic E-state index is 11.7. The predicted molar refractivity (Wildman–Crippen MR) is 89.0 cm³/mol. The first kappa shape index (κ1) is 16.4. The fourth-order valence-electron chi connectivity index (χ4n) is 2.33. The number of fused-ring (bicyclic) bond motifs is 1. The number of carboxylic acid groups (broad SMARTS) is 1. The lowest BCUT2D eigenvalue weighted by molar-refractivity contribution is 0.0510. The average molecular weight is 338 g/mol. The van der Waals surface area contributed by atoms with E-state index >= 15 is 0 Å². The number of rotatable bonds is 5. The molecule has 0 saturated carbocycles. The molecule has 25 heavy (non-hydrogen) atoms. The summed E-state index contributed by atoms with van der Waals surface area (Å²) >= 11 is 0. The fraction of sp³-hybridized carbons (Fsp3) is 0.111. The van der Waals surface area contributed by atoms with Gasteiger partial charge in [-0.05, 0) is 42.0 Å². The zero-order chi connectivity index (χ0) is 17.8. The van der Waals surface area contributed by atoms with Gasteiger partial charge in [-0.2, -0.15) is 4.98 Å². The number of carbonyl (C=O) groups excluding carboxylic acids is 1. The molecule has 0 amide bonds. The molecule has 0 aliphatic heterocycles. The highest BCUT2D eigenvalue weighted by molar-refractivity contribution is 6.03. The third-order valence-corrected chi connectivity index (χ3v) is 3.39. The molecule has 2 aromatic carbocycles. The summed E-state index contributed by atoms with van der Waals surface area (Å²) in [7, 11) is 0. The Labute approximate surface area is 142 Å². The molecule has 126 valence electrons. The van der Waals surface area contributed by atoms with E-state index in [0.29, 0.717) is 11.1 Å². The third kappa shape index (κ3) is 3.55. The molecule has 0 bridgehead atoms. The van der Waals surface area contributed by atoms with Gasteiger partial charge in [-0.1, -0.05) is 12.1 Å². The minimum Gasteiger partial charge on any atom is -0.478 e. The lowest BCUT2D eigenvalue weighted by Crippen LogP contribution is -2.09. The van der Waals surface area contributed by atoms with E-state index in [-0.39, 0.29) is 23.9 Å². The Morgan fingerprint density at radius 2 is 2.00 bits per heavy atom. The number of carboxylic acids is 1. The topological polar surface area (TPSA) is 98.6 Å². The normalized spacial score (nSPS) is 10.4. The first-order valence-corrected chi connectivity index (χ1v) is 7.52. The molecule has 0 spiro atoms. The van der Waals surface area contributed by atoms with Gasteiger partial charge in [-0.3, -0.25) is 0 Å². The standard InChI is InChI=1S/C18H14N2O5/c1-2-24-18(23)16-19-9-8-15(20-16)25-12-6-7-13-11(10-12)4-3-5-14(13)17(21)22/h3-10H,2H2,1H3,(H,21,22). The summed E-state index contributed by atoms with van der Waals surface area (Å²) in [4.78, 5) is 30.8. The van der Waals surface area contributed by atoms with Gasteiger partial charge in [0.15, 0.2) is 0 Å². The van der Waals surface area contributed by atoms with E-state index in [1.54, 1.807) is 43.3 Å². The van der Waals surface area contributed by atoms with E-state index < -0.39 is 11.9 Å². The van der Waals surface area contributed by atoms with Crippen molar-refractivity contribution < 1.29 is 24.2 Å². The molecule has 0 aliphatic rings. The molecular weight excluding hydrogens is 324 g/mol. The molecule has 1 aromatic heterocycles. The van der Waals surface area contributed by atoms with Gasteiger partial charge >= 0.3 is 11.9 Å². The van der Waals surface area contributed by atoms with Crippen LogP contribution in [0.3, 0.4) is 0 Å². The minimum absolute atomic E-state index is 0.0895. The van der Waals surface area contributed by atoms with Crippen LogP contribution in [0.2, 0.25) is 0 Å². The lowest BCUT2D eigenvalue weighted by Gasteiger charge is -2.08. The van der Waals surface area contributed by atoms with Gasteiger partial charge in [0.05, 0.1) is 12.2 Å². The van der Waals surface area contributed by atoms with E-state index in [9.17, 15) is 14.7 Å². The van der Waals surface area contributed by atoms with Crippen LogP contribution in [0, 0.1) is 0 Å². The van der Waals surface area contributed by atoms with Crippen LogP contribution in [0.5, 0.6) is 11.6 Å². The fourth-order valence-corrected chi connectivity index (χ4v) is 2.33. The van der Waals surface area contributed by atoms with Crippen molar-refractivity contribution >= 4 is 22.7 Å². The number of aromatic nitrogens is 2. The van der Waals surface area contributed by atoms with Gasteiger partial charge in [0.25, 0.3) is 0 Å². The molecule has 3 rings (SSSR count). The van der Waals surface area contributed by atoms with Crippen LogP contribution < -0.4 is 4.74 Å². The van der Waals surface area contributed by atoms with Crippen molar-refractivity contribution in [3.8, 4) is 11.6 Å². The summed E-state index contributed by atoms with van der Waals surface area (Å²) in [6.45, 7) is 1.92. The van der Waals surface area contributed by atoms with Crippen LogP contribution in [-0.2, 0) is 4.74 Å². The molecular formula is C18H14N2O5. The van der Waals surface area contributed by atoms with Crippen molar-refractivity contribution in [1.82, 2.24) is 9.97 Å². The summed E-state index contributed by atoms with van der Waals surface area (Å²) < 4.78 is 10.5. The van der Waals surface area contributed by atoms with E-state index in [1.165, 1.54) is 12.3 Å². The second-order valence-corrected chi connectivity index (χ2v) is 5.03. The van der Waals surface area contributed by atoms with Crippen molar-refractivity contribution in [3.63, 3.8) is 0 Å². The predicted octanol–water partition coefficient (Wildman–Crippen LogP) is 3.30. The maximum Gasteiger partial charge on any atom is 0.376 e. The van der Waals surface area contributed by atoms with Crippen LogP contribution in [0.1, 0.15) is 27.9 Å². The summed E-state index contributed by atoms with van der Waals surface area (Å²) in [5.41, 5.74) is 0.218. The number of esters is 1. The third-order valence-electron chi connectivity index (χ3n) is 3.39. The van der Waals surface area contributed by atoms with E-state index in [1.807, 2.05) is 0 Å². The molecule has 0 unspecified atom stereocenters. The Kier molecular flexibility index (Phi) is 4.56. The molecule has 3 aromatic rings. The summed E-state index contributed by atoms with van der Waals surface area (Å²) in [5.74, 6) is -1.06.